The van der Waals surface area contributed by atoms with Gasteiger partial charge in [-0.15, -0.1) is 0 Å². The molecule has 5 unspecified atom stereocenters. The summed E-state index contributed by atoms with van der Waals surface area (Å²) in [6.45, 7) is 9.28. The van der Waals surface area contributed by atoms with Gasteiger partial charge in [0.1, 0.15) is 17.7 Å². The van der Waals surface area contributed by atoms with Crippen molar-refractivity contribution in [2.75, 3.05) is 6.54 Å². The molecule has 0 aromatic heterocycles. The normalized spacial score (nSPS) is 28.5. The molecule has 3 saturated carbocycles. The predicted molar refractivity (Wildman–Crippen MR) is 144 cm³/mol. The van der Waals surface area contributed by atoms with Crippen LogP contribution in [0.5, 0.6) is 0 Å². The smallest absolute Gasteiger partial charge is 0.408 e. The highest BCUT2D eigenvalue weighted by atomic mass is 19.3. The van der Waals surface area contributed by atoms with Crippen molar-refractivity contribution in [3.8, 4) is 0 Å². The number of hydrogen-bond acceptors (Lipinski definition) is 6. The monoisotopic (exact) mass is 582 g/mol. The van der Waals surface area contributed by atoms with Gasteiger partial charge >= 0.3 is 6.09 Å². The Morgan fingerprint density at radius 1 is 1.02 bits per heavy atom. The van der Waals surface area contributed by atoms with Crippen LogP contribution >= 0.6 is 0 Å². The van der Waals surface area contributed by atoms with E-state index < -0.39 is 78.0 Å². The third-order valence-corrected chi connectivity index (χ3v) is 9.60. The molecular weight excluding hydrogens is 538 g/mol. The number of Topliss-reactive ketones (excluding diaryl/α,β-unsaturated/α-hetero) is 1. The van der Waals surface area contributed by atoms with Crippen molar-refractivity contribution in [2.24, 2.45) is 34.8 Å². The van der Waals surface area contributed by atoms with Gasteiger partial charge in [0.05, 0.1) is 6.04 Å². The maximum absolute atomic E-state index is 14.1. The number of hydrogen-bond donors (Lipinski definition) is 3. The molecule has 0 bridgehead atoms. The van der Waals surface area contributed by atoms with E-state index in [1.807, 2.05) is 13.8 Å². The number of ether oxygens (including phenoxy) is 1. The highest BCUT2D eigenvalue weighted by Gasteiger charge is 2.70. The van der Waals surface area contributed by atoms with Crippen molar-refractivity contribution in [1.29, 1.82) is 0 Å². The van der Waals surface area contributed by atoms with Crippen molar-refractivity contribution in [3.05, 3.63) is 0 Å². The molecule has 4 amide bonds. The number of primary amides is 1. The summed E-state index contributed by atoms with van der Waals surface area (Å²) in [4.78, 5) is 66.4. The summed E-state index contributed by atoms with van der Waals surface area (Å²) in [7, 11) is 0. The van der Waals surface area contributed by atoms with Crippen molar-refractivity contribution in [3.63, 3.8) is 0 Å². The van der Waals surface area contributed by atoms with Crippen LogP contribution in [0.25, 0.3) is 0 Å². The predicted octanol–water partition coefficient (Wildman–Crippen LogP) is 2.92. The van der Waals surface area contributed by atoms with Crippen molar-refractivity contribution < 1.29 is 37.5 Å². The molecule has 230 valence electrons. The van der Waals surface area contributed by atoms with Gasteiger partial charge < -0.3 is 26.0 Å². The molecule has 4 fully saturated rings. The molecule has 3 aliphatic carbocycles. The summed E-state index contributed by atoms with van der Waals surface area (Å²) in [6, 6.07) is -3.19. The molecule has 41 heavy (non-hydrogen) atoms. The summed E-state index contributed by atoms with van der Waals surface area (Å²) < 4.78 is 33.3. The second-order valence-electron chi connectivity index (χ2n) is 14.0. The van der Waals surface area contributed by atoms with Crippen LogP contribution in [0.15, 0.2) is 0 Å². The fourth-order valence-electron chi connectivity index (χ4n) is 6.93. The van der Waals surface area contributed by atoms with Crippen molar-refractivity contribution in [2.45, 2.75) is 116 Å². The van der Waals surface area contributed by atoms with Gasteiger partial charge in [-0.25, -0.2) is 13.6 Å². The molecule has 4 aliphatic rings. The lowest BCUT2D eigenvalue weighted by Gasteiger charge is -2.38. The molecule has 12 heteroatoms. The number of likely N-dealkylation sites (tertiary alicyclic amines) is 1. The molecular formula is C29H44F2N4O6. The van der Waals surface area contributed by atoms with E-state index in [1.165, 1.54) is 4.90 Å². The zero-order valence-corrected chi connectivity index (χ0v) is 24.6. The van der Waals surface area contributed by atoms with Crippen molar-refractivity contribution >= 4 is 29.6 Å². The number of alkyl carbamates (subject to hydrolysis) is 1. The van der Waals surface area contributed by atoms with E-state index in [9.17, 15) is 32.8 Å². The van der Waals surface area contributed by atoms with Gasteiger partial charge in [-0.1, -0.05) is 33.1 Å². The molecule has 1 aliphatic heterocycles. The number of fused-ring (bicyclic) bond motifs is 1. The lowest BCUT2D eigenvalue weighted by atomic mass is 9.80. The highest BCUT2D eigenvalue weighted by Crippen LogP contribution is 2.65. The van der Waals surface area contributed by atoms with Gasteiger partial charge in [0.2, 0.25) is 23.5 Å². The van der Waals surface area contributed by atoms with Gasteiger partial charge in [-0.05, 0) is 69.1 Å². The fourth-order valence-corrected chi connectivity index (χ4v) is 6.93. The average Bonchev–Trinajstić information content (AvgIpc) is 3.15. The first kappa shape index (κ1) is 31.2. The number of piperidine rings is 1. The molecule has 4 N–H and O–H groups in total. The Morgan fingerprint density at radius 3 is 2.15 bits per heavy atom. The maximum atomic E-state index is 14.1. The quantitative estimate of drug-likeness (QED) is 0.356. The second kappa shape index (κ2) is 11.1. The standard InChI is InChI=1S/C29H44F2N4O6/c1-27(2,3)41-26(40)34-20(16-9-11-29(30,31)12-10-16)25(39)35-14-17-19(28(17,4)5)21(35)24(38)33-18(22(36)23(32)37)13-15-7-6-8-15/h15-21H,6-14H2,1-5H3,(H2,32,37)(H,33,38)(H,34,40). The molecule has 0 aromatic carbocycles. The van der Waals surface area contributed by atoms with E-state index in [0.29, 0.717) is 6.42 Å². The lowest BCUT2D eigenvalue weighted by molar-refractivity contribution is -0.145. The van der Waals surface area contributed by atoms with Crippen LogP contribution in [0.1, 0.15) is 86.0 Å². The van der Waals surface area contributed by atoms with Gasteiger partial charge in [0, 0.05) is 19.4 Å². The number of carbonyl (C=O) groups is 5. The van der Waals surface area contributed by atoms with Crippen LogP contribution in [-0.2, 0) is 23.9 Å². The second-order valence-corrected chi connectivity index (χ2v) is 14.0. The number of amides is 4. The molecule has 0 radical (unpaired) electrons. The largest absolute Gasteiger partial charge is 0.444 e. The zero-order chi connectivity index (χ0) is 30.5. The molecule has 4 rings (SSSR count). The number of nitrogens with zero attached hydrogens (tertiary/aromatic N) is 1. The van der Waals surface area contributed by atoms with E-state index in [0.717, 1.165) is 19.3 Å². The third-order valence-electron chi connectivity index (χ3n) is 9.60. The highest BCUT2D eigenvalue weighted by molar-refractivity contribution is 6.37. The van der Waals surface area contributed by atoms with Crippen LogP contribution in [0, 0.1) is 29.1 Å². The molecule has 1 heterocycles. The van der Waals surface area contributed by atoms with Crippen LogP contribution in [0.4, 0.5) is 13.6 Å². The van der Waals surface area contributed by atoms with E-state index in [-0.39, 0.29) is 42.6 Å². The Bertz CT molecular complexity index is 1080. The van der Waals surface area contributed by atoms with E-state index >= 15 is 0 Å². The van der Waals surface area contributed by atoms with E-state index in [2.05, 4.69) is 10.6 Å². The van der Waals surface area contributed by atoms with Crippen LogP contribution in [0.3, 0.4) is 0 Å². The SMILES string of the molecule is CC(C)(C)OC(=O)NC(C(=O)N1CC2C(C1C(=O)NC(CC1CCC1)C(=O)C(N)=O)C2(C)C)C1CCC(F)(F)CC1. The first-order chi connectivity index (χ1) is 18.9. The lowest BCUT2D eigenvalue weighted by Crippen LogP contribution is -2.60. The molecule has 5 atom stereocenters. The third kappa shape index (κ3) is 6.83. The van der Waals surface area contributed by atoms with Gasteiger partial charge in [0.25, 0.3) is 5.91 Å². The Balaban J connectivity index is 1.57. The Morgan fingerprint density at radius 2 is 1.63 bits per heavy atom. The number of nitrogens with one attached hydrogen (secondary N) is 2. The molecule has 0 spiro atoms. The van der Waals surface area contributed by atoms with Gasteiger partial charge in [-0.2, -0.15) is 0 Å². The zero-order valence-electron chi connectivity index (χ0n) is 24.6. The summed E-state index contributed by atoms with van der Waals surface area (Å²) >= 11 is 0. The van der Waals surface area contributed by atoms with Gasteiger partial charge in [0.15, 0.2) is 0 Å². The van der Waals surface area contributed by atoms with Crippen molar-refractivity contribution in [1.82, 2.24) is 15.5 Å². The maximum Gasteiger partial charge on any atom is 0.408 e. The number of nitrogens with two attached hydrogens (primary N) is 1. The van der Waals surface area contributed by atoms with Gasteiger partial charge in [-0.3, -0.25) is 19.2 Å². The Kier molecular flexibility index (Phi) is 8.46. The minimum absolute atomic E-state index is 0.0111. The van der Waals surface area contributed by atoms with E-state index in [4.69, 9.17) is 10.5 Å². The van der Waals surface area contributed by atoms with E-state index in [1.54, 1.807) is 20.8 Å². The molecule has 10 nitrogen and oxygen atoms in total. The molecule has 0 aromatic rings. The first-order valence-electron chi connectivity index (χ1n) is 14.7. The number of ketones is 1. The summed E-state index contributed by atoms with van der Waals surface area (Å²) in [5.74, 6) is -6.48. The summed E-state index contributed by atoms with van der Waals surface area (Å²) in [5.41, 5.74) is 4.19. The first-order valence-corrected chi connectivity index (χ1v) is 14.7. The topological polar surface area (TPSA) is 148 Å². The number of halogens is 2. The minimum atomic E-state index is -2.83. The Hall–Kier alpha value is -2.79. The summed E-state index contributed by atoms with van der Waals surface area (Å²) in [5, 5.41) is 5.35. The van der Waals surface area contributed by atoms with Crippen LogP contribution in [-0.4, -0.2) is 70.7 Å². The molecule has 1 saturated heterocycles. The average molecular weight is 583 g/mol. The minimum Gasteiger partial charge on any atom is -0.444 e. The summed E-state index contributed by atoms with van der Waals surface area (Å²) in [6.07, 6.45) is 1.49. The Labute approximate surface area is 239 Å². The number of alkyl halides is 2. The van der Waals surface area contributed by atoms with Crippen LogP contribution in [0.2, 0.25) is 0 Å². The van der Waals surface area contributed by atoms with Crippen LogP contribution < -0.4 is 16.4 Å². The fraction of sp³-hybridized carbons (Fsp3) is 0.828. The number of rotatable bonds is 9. The number of carbonyl (C=O) groups excluding carboxylic acids is 5.